The third kappa shape index (κ3) is 5.47. The second kappa shape index (κ2) is 11.7. The van der Waals surface area contributed by atoms with Crippen LogP contribution in [-0.2, 0) is 14.4 Å². The average molecular weight is 545 g/mol. The fourth-order valence-electron chi connectivity index (χ4n) is 5.99. The minimum Gasteiger partial charge on any atom is -0.506 e. The van der Waals surface area contributed by atoms with E-state index in [9.17, 15) is 14.7 Å². The fourth-order valence-corrected chi connectivity index (χ4v) is 5.99. The molecule has 208 valence electrons. The van der Waals surface area contributed by atoms with Gasteiger partial charge in [0.25, 0.3) is 18.3 Å². The average Bonchev–Trinajstić information content (AvgIpc) is 3.40. The summed E-state index contributed by atoms with van der Waals surface area (Å²) in [5.74, 6) is 0.178. The van der Waals surface area contributed by atoms with Crippen molar-refractivity contribution in [1.82, 2.24) is 14.8 Å². The van der Waals surface area contributed by atoms with E-state index in [-0.39, 0.29) is 24.0 Å². The highest BCUT2D eigenvalue weighted by atomic mass is 16.7. The number of nitrogens with zero attached hydrogens (tertiary/aromatic N) is 4. The molecule has 40 heavy (non-hydrogen) atoms. The number of hydrogen-bond acceptors (Lipinski definition) is 7. The molecule has 1 aromatic heterocycles. The summed E-state index contributed by atoms with van der Waals surface area (Å²) in [4.78, 5) is 49.2. The number of pyridine rings is 1. The maximum Gasteiger partial charge on any atom is 0.290 e. The molecule has 2 fully saturated rings. The largest absolute Gasteiger partial charge is 0.506 e. The molecule has 2 N–H and O–H groups in total. The van der Waals surface area contributed by atoms with Crippen molar-refractivity contribution >= 4 is 34.9 Å². The number of amides is 2. The Morgan fingerprint density at radius 3 is 2.58 bits per heavy atom. The van der Waals surface area contributed by atoms with Crippen LogP contribution < -0.4 is 0 Å². The molecule has 3 aromatic rings. The van der Waals surface area contributed by atoms with Crippen LogP contribution in [0.1, 0.15) is 53.9 Å². The summed E-state index contributed by atoms with van der Waals surface area (Å²) in [5, 5.41) is 21.9. The number of phenols is 1. The Balaban J connectivity index is 0.00000103. The molecule has 1 spiro atoms. The van der Waals surface area contributed by atoms with Gasteiger partial charge in [-0.15, -0.1) is 0 Å². The van der Waals surface area contributed by atoms with E-state index >= 15 is 0 Å². The number of aromatic nitrogens is 1. The molecule has 4 heterocycles. The van der Waals surface area contributed by atoms with Gasteiger partial charge in [0.2, 0.25) is 0 Å². The fraction of sp³-hybridized carbons (Fsp3) is 0.367. The van der Waals surface area contributed by atoms with Crippen LogP contribution in [0.15, 0.2) is 65.9 Å². The van der Waals surface area contributed by atoms with Crippen molar-refractivity contribution in [3.63, 3.8) is 0 Å². The van der Waals surface area contributed by atoms with Gasteiger partial charge in [-0.25, -0.2) is 0 Å². The van der Waals surface area contributed by atoms with E-state index in [1.165, 1.54) is 5.56 Å². The molecule has 0 radical (unpaired) electrons. The number of fused-ring (bicyclic) bond motifs is 1. The summed E-state index contributed by atoms with van der Waals surface area (Å²) < 4.78 is 0. The van der Waals surface area contributed by atoms with Crippen LogP contribution in [0.5, 0.6) is 5.75 Å². The zero-order valence-corrected chi connectivity index (χ0v) is 22.1. The molecular formula is C30H32N4O6. The SMILES string of the molecule is O=C(C1=NOC2(CCCN(C(=O)c3ccnc4c(O)cccc34)C2)C1)N1CCCC(c2ccccc2)C1.O=CO. The number of aromatic hydroxyl groups is 1. The van der Waals surface area contributed by atoms with Gasteiger partial charge in [0, 0.05) is 43.6 Å². The highest BCUT2D eigenvalue weighted by Gasteiger charge is 2.46. The van der Waals surface area contributed by atoms with E-state index in [1.54, 1.807) is 35.4 Å². The van der Waals surface area contributed by atoms with Gasteiger partial charge in [0.1, 0.15) is 17.0 Å². The number of hydrogen-bond donors (Lipinski definition) is 2. The van der Waals surface area contributed by atoms with Gasteiger partial charge in [0.05, 0.1) is 12.1 Å². The van der Waals surface area contributed by atoms with Crippen molar-refractivity contribution in [2.24, 2.45) is 5.16 Å². The summed E-state index contributed by atoms with van der Waals surface area (Å²) in [7, 11) is 0. The van der Waals surface area contributed by atoms with Gasteiger partial charge >= 0.3 is 0 Å². The maximum absolute atomic E-state index is 13.5. The molecule has 0 saturated carbocycles. The lowest BCUT2D eigenvalue weighted by molar-refractivity contribution is -0.125. The molecule has 3 aliphatic heterocycles. The molecule has 0 aliphatic carbocycles. The van der Waals surface area contributed by atoms with Crippen LogP contribution in [0.3, 0.4) is 0 Å². The molecular weight excluding hydrogens is 512 g/mol. The number of para-hydroxylation sites is 1. The second-order valence-corrected chi connectivity index (χ2v) is 10.5. The predicted octanol–water partition coefficient (Wildman–Crippen LogP) is 3.80. The van der Waals surface area contributed by atoms with Crippen molar-refractivity contribution in [1.29, 1.82) is 0 Å². The summed E-state index contributed by atoms with van der Waals surface area (Å²) in [6, 6.07) is 17.1. The molecule has 2 atom stereocenters. The maximum atomic E-state index is 13.5. The number of phenolic OH excluding ortho intramolecular Hbond substituents is 1. The quantitative estimate of drug-likeness (QED) is 0.479. The number of likely N-dealkylation sites (tertiary alicyclic amines) is 2. The number of oxime groups is 1. The van der Waals surface area contributed by atoms with Crippen LogP contribution in [0, 0.1) is 0 Å². The van der Waals surface area contributed by atoms with Crippen LogP contribution in [0.4, 0.5) is 0 Å². The Morgan fingerprint density at radius 2 is 1.77 bits per heavy atom. The molecule has 10 heteroatoms. The number of carbonyl (C=O) groups excluding carboxylic acids is 2. The van der Waals surface area contributed by atoms with Gasteiger partial charge < -0.3 is 24.9 Å². The van der Waals surface area contributed by atoms with Gasteiger partial charge in [-0.3, -0.25) is 19.4 Å². The third-order valence-corrected chi connectivity index (χ3v) is 7.87. The van der Waals surface area contributed by atoms with E-state index in [0.29, 0.717) is 54.2 Å². The minimum absolute atomic E-state index is 0.0464. The second-order valence-electron chi connectivity index (χ2n) is 10.5. The highest BCUT2D eigenvalue weighted by Crippen LogP contribution is 2.36. The van der Waals surface area contributed by atoms with Crippen LogP contribution in [-0.4, -0.2) is 80.8 Å². The first-order valence-electron chi connectivity index (χ1n) is 13.5. The minimum atomic E-state index is -0.682. The predicted molar refractivity (Wildman–Crippen MR) is 148 cm³/mol. The van der Waals surface area contributed by atoms with Gasteiger partial charge in [-0.2, -0.15) is 0 Å². The number of rotatable bonds is 3. The molecule has 2 saturated heterocycles. The normalized spacial score (nSPS) is 22.2. The topological polar surface area (TPSA) is 133 Å². The Morgan fingerprint density at radius 1 is 1.00 bits per heavy atom. The first-order valence-corrected chi connectivity index (χ1v) is 13.5. The Kier molecular flexibility index (Phi) is 7.95. The van der Waals surface area contributed by atoms with Crippen molar-refractivity contribution in [3.8, 4) is 5.75 Å². The molecule has 10 nitrogen and oxygen atoms in total. The van der Waals surface area contributed by atoms with Crippen molar-refractivity contribution in [2.45, 2.75) is 43.6 Å². The number of benzene rings is 2. The van der Waals surface area contributed by atoms with Gasteiger partial charge in [0.15, 0.2) is 5.60 Å². The monoisotopic (exact) mass is 544 g/mol. The van der Waals surface area contributed by atoms with Crippen molar-refractivity contribution < 1.29 is 29.4 Å². The summed E-state index contributed by atoms with van der Waals surface area (Å²) in [6.07, 6.45) is 5.47. The van der Waals surface area contributed by atoms with Crippen molar-refractivity contribution in [3.05, 3.63) is 71.9 Å². The lowest BCUT2D eigenvalue weighted by atomic mass is 9.86. The molecule has 6 rings (SSSR count). The number of carbonyl (C=O) groups is 3. The molecule has 3 aliphatic rings. The summed E-state index contributed by atoms with van der Waals surface area (Å²) in [5.41, 5.74) is 1.93. The Labute approximate surface area is 231 Å². The highest BCUT2D eigenvalue weighted by molar-refractivity contribution is 6.39. The molecule has 0 bridgehead atoms. The lowest BCUT2D eigenvalue weighted by Gasteiger charge is -2.38. The Hall–Kier alpha value is -4.47. The smallest absolute Gasteiger partial charge is 0.290 e. The first kappa shape index (κ1) is 27.1. The zero-order chi connectivity index (χ0) is 28.1. The van der Waals surface area contributed by atoms with E-state index in [1.807, 2.05) is 23.1 Å². The lowest BCUT2D eigenvalue weighted by Crippen LogP contribution is -2.51. The molecule has 2 amide bonds. The van der Waals surface area contributed by atoms with E-state index in [4.69, 9.17) is 14.7 Å². The summed E-state index contributed by atoms with van der Waals surface area (Å²) >= 11 is 0. The van der Waals surface area contributed by atoms with Gasteiger partial charge in [-0.1, -0.05) is 47.6 Å². The zero-order valence-electron chi connectivity index (χ0n) is 22.1. The van der Waals surface area contributed by atoms with Crippen molar-refractivity contribution in [2.75, 3.05) is 26.2 Å². The van der Waals surface area contributed by atoms with E-state index in [2.05, 4.69) is 22.3 Å². The third-order valence-electron chi connectivity index (χ3n) is 7.87. The standard InChI is InChI=1S/C29H30N4O4.CH2O2/c34-25-11-4-10-22-23(12-14-30-26(22)25)27(35)33-16-6-13-29(19-33)17-24(31-37-29)28(36)32-15-5-9-21(18-32)20-7-2-1-3-8-20;2-1-3/h1-4,7-8,10-12,14,21,34H,5-6,9,13,15-19H2;1H,(H,2,3). The summed E-state index contributed by atoms with van der Waals surface area (Å²) in [6.45, 7) is 2.12. The van der Waals surface area contributed by atoms with Crippen LogP contribution >= 0.6 is 0 Å². The number of piperidine rings is 2. The Bertz CT molecular complexity index is 1430. The van der Waals surface area contributed by atoms with Crippen LogP contribution in [0.25, 0.3) is 10.9 Å². The first-order chi connectivity index (χ1) is 19.4. The van der Waals surface area contributed by atoms with Crippen LogP contribution in [0.2, 0.25) is 0 Å². The van der Waals surface area contributed by atoms with Gasteiger partial charge in [-0.05, 0) is 43.4 Å². The molecule has 2 aromatic carbocycles. The van der Waals surface area contributed by atoms with E-state index in [0.717, 1.165) is 32.2 Å². The number of carboxylic acid groups (broad SMARTS) is 1. The van der Waals surface area contributed by atoms with E-state index < -0.39 is 5.60 Å². The molecule has 2 unspecified atom stereocenters.